The first kappa shape index (κ1) is 22.4. The van der Waals surface area contributed by atoms with Gasteiger partial charge in [-0.1, -0.05) is 71.9 Å². The van der Waals surface area contributed by atoms with E-state index in [0.717, 1.165) is 41.1 Å². The van der Waals surface area contributed by atoms with Crippen LogP contribution in [0.3, 0.4) is 0 Å². The first-order valence-electron chi connectivity index (χ1n) is 10.8. The second kappa shape index (κ2) is 9.85. The Hall–Kier alpha value is -2.39. The van der Waals surface area contributed by atoms with Crippen LogP contribution >= 0.6 is 34.7 Å². The van der Waals surface area contributed by atoms with Crippen molar-refractivity contribution in [3.05, 3.63) is 65.2 Å². The Morgan fingerprint density at radius 1 is 1.09 bits per heavy atom. The van der Waals surface area contributed by atoms with E-state index in [9.17, 15) is 4.79 Å². The number of hydrogen-bond donors (Lipinski definition) is 0. The van der Waals surface area contributed by atoms with Crippen LogP contribution in [-0.2, 0) is 4.79 Å². The van der Waals surface area contributed by atoms with E-state index >= 15 is 0 Å². The molecule has 1 saturated heterocycles. The molecule has 2 aromatic carbocycles. The highest BCUT2D eigenvalue weighted by atomic mass is 35.5. The number of fused-ring (bicyclic) bond motifs is 1. The molecular formula is C24H23ClN4O2S2. The smallest absolute Gasteiger partial charge is 0.277 e. The molecule has 0 unspecified atom stereocenters. The van der Waals surface area contributed by atoms with Crippen molar-refractivity contribution < 1.29 is 9.21 Å². The summed E-state index contributed by atoms with van der Waals surface area (Å²) in [5, 5.41) is 10.2. The summed E-state index contributed by atoms with van der Waals surface area (Å²) < 4.78 is 6.87. The lowest BCUT2D eigenvalue weighted by molar-refractivity contribution is -0.130. The van der Waals surface area contributed by atoms with E-state index in [0.29, 0.717) is 22.2 Å². The number of rotatable bonds is 6. The molecule has 1 amide bonds. The van der Waals surface area contributed by atoms with Crippen LogP contribution in [0.2, 0.25) is 5.02 Å². The van der Waals surface area contributed by atoms with E-state index in [1.54, 1.807) is 0 Å². The van der Waals surface area contributed by atoms with Gasteiger partial charge in [0.1, 0.15) is 4.88 Å². The number of nitrogens with zero attached hydrogens (tertiary/aromatic N) is 4. The summed E-state index contributed by atoms with van der Waals surface area (Å²) in [5.41, 5.74) is 1.30. The molecule has 170 valence electrons. The van der Waals surface area contributed by atoms with Gasteiger partial charge in [-0.25, -0.2) is 0 Å². The zero-order valence-corrected chi connectivity index (χ0v) is 20.5. The lowest BCUT2D eigenvalue weighted by Crippen LogP contribution is -2.49. The molecule has 0 N–H and O–H groups in total. The van der Waals surface area contributed by atoms with Crippen molar-refractivity contribution in [2.24, 2.45) is 0 Å². The Morgan fingerprint density at radius 2 is 1.82 bits per heavy atom. The van der Waals surface area contributed by atoms with Gasteiger partial charge in [0.15, 0.2) is 0 Å². The lowest BCUT2D eigenvalue weighted by atomic mass is 10.1. The van der Waals surface area contributed by atoms with Crippen LogP contribution < -0.4 is 0 Å². The number of thiophene rings is 1. The summed E-state index contributed by atoms with van der Waals surface area (Å²) in [6, 6.07) is 18.7. The summed E-state index contributed by atoms with van der Waals surface area (Å²) in [4.78, 5) is 17.8. The van der Waals surface area contributed by atoms with Gasteiger partial charge < -0.3 is 9.32 Å². The van der Waals surface area contributed by atoms with Crippen molar-refractivity contribution in [2.45, 2.75) is 18.2 Å². The van der Waals surface area contributed by atoms with Crippen LogP contribution in [0.5, 0.6) is 0 Å². The second-order valence-corrected chi connectivity index (χ2v) is 10.3. The topological polar surface area (TPSA) is 62.5 Å². The maximum Gasteiger partial charge on any atom is 0.277 e. The molecule has 1 fully saturated rings. The third-order valence-electron chi connectivity index (χ3n) is 5.95. The summed E-state index contributed by atoms with van der Waals surface area (Å²) in [6.07, 6.45) is 0. The molecule has 2 aromatic heterocycles. The van der Waals surface area contributed by atoms with Crippen LogP contribution in [0, 0.1) is 0 Å². The molecule has 0 radical (unpaired) electrons. The number of hydrogen-bond acceptors (Lipinski definition) is 7. The standard InChI is InChI=1S/C24H23ClN4O2S2/c1-16(17-7-3-2-4-8-17)28-11-13-29(14-12-28)20(30)15-32-24-27-26-23(31-24)22-21(25)18-9-5-6-10-19(18)33-22/h2-10,16H,11-15H2,1H3/t16-/m1/s1. The van der Waals surface area contributed by atoms with Crippen molar-refractivity contribution in [2.75, 3.05) is 31.9 Å². The van der Waals surface area contributed by atoms with Gasteiger partial charge in [0.2, 0.25) is 5.91 Å². The van der Waals surface area contributed by atoms with Gasteiger partial charge in [0, 0.05) is 42.3 Å². The van der Waals surface area contributed by atoms with Gasteiger partial charge in [0.25, 0.3) is 11.1 Å². The first-order valence-corrected chi connectivity index (χ1v) is 13.0. The molecule has 6 nitrogen and oxygen atoms in total. The fourth-order valence-corrected chi connectivity index (χ4v) is 6.13. The highest BCUT2D eigenvalue weighted by Crippen LogP contribution is 2.41. The van der Waals surface area contributed by atoms with Gasteiger partial charge >= 0.3 is 0 Å². The molecule has 0 bridgehead atoms. The third kappa shape index (κ3) is 4.80. The number of aromatic nitrogens is 2. The number of carbonyl (C=O) groups is 1. The quantitative estimate of drug-likeness (QED) is 0.322. The van der Waals surface area contributed by atoms with Gasteiger partial charge in [-0.3, -0.25) is 9.69 Å². The van der Waals surface area contributed by atoms with E-state index in [1.165, 1.54) is 28.7 Å². The maximum atomic E-state index is 12.7. The van der Waals surface area contributed by atoms with E-state index in [-0.39, 0.29) is 11.7 Å². The molecule has 4 aromatic rings. The Morgan fingerprint density at radius 3 is 2.58 bits per heavy atom. The number of halogens is 1. The maximum absolute atomic E-state index is 12.7. The highest BCUT2D eigenvalue weighted by molar-refractivity contribution is 7.99. The SMILES string of the molecule is C[C@H](c1ccccc1)N1CCN(C(=O)CSc2nnc(-c3sc4ccccc4c3Cl)o2)CC1. The number of thioether (sulfide) groups is 1. The summed E-state index contributed by atoms with van der Waals surface area (Å²) in [5.74, 6) is 0.752. The zero-order valence-electron chi connectivity index (χ0n) is 18.1. The predicted octanol–water partition coefficient (Wildman–Crippen LogP) is 5.60. The normalized spacial score (nSPS) is 15.8. The van der Waals surface area contributed by atoms with Crippen LogP contribution in [0.1, 0.15) is 18.5 Å². The largest absolute Gasteiger partial charge is 0.410 e. The monoisotopic (exact) mass is 498 g/mol. The van der Waals surface area contributed by atoms with Crippen molar-refractivity contribution >= 4 is 50.7 Å². The van der Waals surface area contributed by atoms with Gasteiger partial charge in [-0.2, -0.15) is 0 Å². The van der Waals surface area contributed by atoms with Crippen molar-refractivity contribution in [1.82, 2.24) is 20.0 Å². The molecule has 3 heterocycles. The lowest BCUT2D eigenvalue weighted by Gasteiger charge is -2.38. The highest BCUT2D eigenvalue weighted by Gasteiger charge is 2.25. The summed E-state index contributed by atoms with van der Waals surface area (Å²) in [7, 11) is 0. The molecule has 0 aliphatic carbocycles. The van der Waals surface area contributed by atoms with Crippen LogP contribution in [0.4, 0.5) is 0 Å². The van der Waals surface area contributed by atoms with Crippen molar-refractivity contribution in [3.8, 4) is 10.8 Å². The third-order valence-corrected chi connectivity index (χ3v) is 8.42. The van der Waals surface area contributed by atoms with Crippen LogP contribution in [0.15, 0.2) is 64.2 Å². The molecule has 1 atom stereocenters. The minimum Gasteiger partial charge on any atom is -0.410 e. The molecule has 33 heavy (non-hydrogen) atoms. The van der Waals surface area contributed by atoms with E-state index in [2.05, 4.69) is 46.3 Å². The summed E-state index contributed by atoms with van der Waals surface area (Å²) in [6.45, 7) is 5.40. The number of amides is 1. The summed E-state index contributed by atoms with van der Waals surface area (Å²) >= 11 is 9.31. The Balaban J connectivity index is 1.15. The van der Waals surface area contributed by atoms with Crippen LogP contribution in [-0.4, -0.2) is 57.8 Å². The Kier molecular flexibility index (Phi) is 6.69. The Labute approximate surface area is 205 Å². The van der Waals surface area contributed by atoms with Gasteiger partial charge in [-0.05, 0) is 18.6 Å². The molecule has 0 spiro atoms. The minimum atomic E-state index is 0.0895. The fraction of sp³-hybridized carbons (Fsp3) is 0.292. The average molecular weight is 499 g/mol. The molecule has 1 aliphatic rings. The van der Waals surface area contributed by atoms with E-state index in [4.69, 9.17) is 16.0 Å². The molecule has 5 rings (SSSR count). The first-order chi connectivity index (χ1) is 16.1. The molecular weight excluding hydrogens is 476 g/mol. The van der Waals surface area contributed by atoms with Crippen molar-refractivity contribution in [3.63, 3.8) is 0 Å². The predicted molar refractivity (Wildman–Crippen MR) is 134 cm³/mol. The number of piperazine rings is 1. The van der Waals surface area contributed by atoms with Gasteiger partial charge in [-0.15, -0.1) is 21.5 Å². The number of carbonyl (C=O) groups excluding carboxylic acids is 1. The molecule has 0 saturated carbocycles. The van der Waals surface area contributed by atoms with E-state index in [1.807, 2.05) is 35.2 Å². The molecule has 9 heteroatoms. The number of benzene rings is 2. The fourth-order valence-electron chi connectivity index (χ4n) is 4.03. The second-order valence-electron chi connectivity index (χ2n) is 7.91. The van der Waals surface area contributed by atoms with Gasteiger partial charge in [0.05, 0.1) is 10.8 Å². The minimum absolute atomic E-state index is 0.0895. The zero-order chi connectivity index (χ0) is 22.8. The Bertz CT molecular complexity index is 1250. The van der Waals surface area contributed by atoms with Crippen molar-refractivity contribution in [1.29, 1.82) is 0 Å². The van der Waals surface area contributed by atoms with E-state index < -0.39 is 0 Å². The van der Waals surface area contributed by atoms with Crippen LogP contribution in [0.25, 0.3) is 20.9 Å². The average Bonchev–Trinajstić information content (AvgIpc) is 3.47. The molecule has 1 aliphatic heterocycles.